The molecule has 1 aromatic rings. The zero-order chi connectivity index (χ0) is 17.3. The van der Waals surface area contributed by atoms with E-state index in [1.165, 1.54) is 82.6 Å². The number of unbranched alkanes of at least 4 members (excludes halogenated alkanes) is 11. The molecule has 0 spiro atoms. The second-order valence-electron chi connectivity index (χ2n) is 6.80. The van der Waals surface area contributed by atoms with Gasteiger partial charge in [-0.2, -0.15) is 0 Å². The molecule has 2 nitrogen and oxygen atoms in total. The smallest absolute Gasteiger partial charge is 0.122 e. The normalized spacial score (nSPS) is 10.9. The van der Waals surface area contributed by atoms with Gasteiger partial charge in [0.2, 0.25) is 0 Å². The van der Waals surface area contributed by atoms with Crippen LogP contribution in [0.2, 0.25) is 0 Å². The van der Waals surface area contributed by atoms with Crippen LogP contribution in [0, 0.1) is 0 Å². The van der Waals surface area contributed by atoms with E-state index in [-0.39, 0.29) is 13.2 Å². The fourth-order valence-corrected chi connectivity index (χ4v) is 3.16. The van der Waals surface area contributed by atoms with Crippen molar-refractivity contribution in [3.63, 3.8) is 0 Å². The number of para-hydroxylation sites is 1. The van der Waals surface area contributed by atoms with Gasteiger partial charge in [-0.05, 0) is 24.5 Å². The zero-order valence-electron chi connectivity index (χ0n) is 15.7. The minimum Gasteiger partial charge on any atom is -0.491 e. The molecule has 0 unspecified atom stereocenters. The van der Waals surface area contributed by atoms with E-state index in [1.54, 1.807) is 0 Å². The molecular formula is C22H37O2. The van der Waals surface area contributed by atoms with Crippen molar-refractivity contribution in [1.82, 2.24) is 0 Å². The van der Waals surface area contributed by atoms with Gasteiger partial charge in [0.1, 0.15) is 19.0 Å². The molecule has 24 heavy (non-hydrogen) atoms. The molecule has 0 atom stereocenters. The first-order valence-electron chi connectivity index (χ1n) is 10.2. The van der Waals surface area contributed by atoms with E-state index < -0.39 is 0 Å². The largest absolute Gasteiger partial charge is 0.491 e. The molecule has 0 N–H and O–H groups in total. The average Bonchev–Trinajstić information content (AvgIpc) is 2.61. The topological polar surface area (TPSA) is 29.1 Å². The lowest BCUT2D eigenvalue weighted by Gasteiger charge is -2.10. The molecule has 0 saturated heterocycles. The van der Waals surface area contributed by atoms with Crippen LogP contribution in [0.25, 0.3) is 0 Å². The molecule has 0 heterocycles. The van der Waals surface area contributed by atoms with Gasteiger partial charge in [0.05, 0.1) is 0 Å². The SMILES string of the molecule is CCCCCCCCCCCCCCc1ccccc1OCC[O]. The van der Waals surface area contributed by atoms with Crippen LogP contribution in [0.3, 0.4) is 0 Å². The van der Waals surface area contributed by atoms with Gasteiger partial charge in [0, 0.05) is 0 Å². The average molecular weight is 334 g/mol. The molecule has 0 aliphatic carbocycles. The standard InChI is InChI=1S/C22H37O2/c1-2-3-4-5-6-7-8-9-10-11-12-13-16-21-17-14-15-18-22(21)24-20-19-23/h14-15,17-18H,2-13,16,19-20H2,1H3. The fraction of sp³-hybridized carbons (Fsp3) is 0.727. The third kappa shape index (κ3) is 10.7. The molecule has 0 fully saturated rings. The van der Waals surface area contributed by atoms with E-state index in [1.807, 2.05) is 12.1 Å². The fourth-order valence-electron chi connectivity index (χ4n) is 3.16. The first kappa shape index (κ1) is 21.0. The van der Waals surface area contributed by atoms with Crippen LogP contribution in [0.5, 0.6) is 5.75 Å². The number of hydrogen-bond donors (Lipinski definition) is 0. The maximum atomic E-state index is 10.6. The molecule has 0 aliphatic rings. The summed E-state index contributed by atoms with van der Waals surface area (Å²) in [4.78, 5) is 0. The summed E-state index contributed by atoms with van der Waals surface area (Å²) in [7, 11) is 0. The number of ether oxygens (including phenoxy) is 1. The first-order chi connectivity index (χ1) is 11.9. The highest BCUT2D eigenvalue weighted by atomic mass is 16.5. The van der Waals surface area contributed by atoms with Gasteiger partial charge in [0.25, 0.3) is 0 Å². The van der Waals surface area contributed by atoms with Gasteiger partial charge in [-0.15, -0.1) is 0 Å². The summed E-state index contributed by atoms with van der Waals surface area (Å²) in [5.74, 6) is 0.899. The Kier molecular flexibility index (Phi) is 13.6. The van der Waals surface area contributed by atoms with Crippen LogP contribution in [0.15, 0.2) is 24.3 Å². The molecule has 1 aromatic carbocycles. The van der Waals surface area contributed by atoms with Gasteiger partial charge in [-0.25, -0.2) is 5.11 Å². The van der Waals surface area contributed by atoms with E-state index in [0.29, 0.717) is 0 Å². The molecule has 0 aliphatic heterocycles. The summed E-state index contributed by atoms with van der Waals surface area (Å²) in [5.41, 5.74) is 1.25. The van der Waals surface area contributed by atoms with Gasteiger partial charge in [-0.1, -0.05) is 95.8 Å². The van der Waals surface area contributed by atoms with Crippen LogP contribution in [-0.2, 0) is 11.5 Å². The lowest BCUT2D eigenvalue weighted by atomic mass is 10.0. The summed E-state index contributed by atoms with van der Waals surface area (Å²) in [5, 5.41) is 10.6. The maximum absolute atomic E-state index is 10.6. The first-order valence-corrected chi connectivity index (χ1v) is 10.2. The van der Waals surface area contributed by atoms with E-state index >= 15 is 0 Å². The Morgan fingerprint density at radius 2 is 1.29 bits per heavy atom. The van der Waals surface area contributed by atoms with Crippen LogP contribution >= 0.6 is 0 Å². The lowest BCUT2D eigenvalue weighted by Crippen LogP contribution is -2.03. The molecule has 1 radical (unpaired) electrons. The highest BCUT2D eigenvalue weighted by Crippen LogP contribution is 2.21. The summed E-state index contributed by atoms with van der Waals surface area (Å²) in [6, 6.07) is 8.13. The number of hydrogen-bond acceptors (Lipinski definition) is 1. The van der Waals surface area contributed by atoms with Crippen molar-refractivity contribution in [3.8, 4) is 5.75 Å². The minimum absolute atomic E-state index is 0.174. The van der Waals surface area contributed by atoms with Crippen LogP contribution in [0.1, 0.15) is 89.5 Å². The van der Waals surface area contributed by atoms with Crippen molar-refractivity contribution >= 4 is 0 Å². The summed E-state index contributed by atoms with van der Waals surface area (Å²) >= 11 is 0. The Hall–Kier alpha value is -1.02. The molecule has 137 valence electrons. The molecule has 1 rings (SSSR count). The third-order valence-electron chi connectivity index (χ3n) is 4.61. The van der Waals surface area contributed by atoms with Crippen molar-refractivity contribution in [1.29, 1.82) is 0 Å². The van der Waals surface area contributed by atoms with E-state index in [0.717, 1.165) is 12.2 Å². The highest BCUT2D eigenvalue weighted by molar-refractivity contribution is 5.33. The monoisotopic (exact) mass is 333 g/mol. The predicted molar refractivity (Wildman–Crippen MR) is 102 cm³/mol. The highest BCUT2D eigenvalue weighted by Gasteiger charge is 2.02. The minimum atomic E-state index is -0.174. The number of rotatable bonds is 16. The molecule has 0 bridgehead atoms. The maximum Gasteiger partial charge on any atom is 0.122 e. The van der Waals surface area contributed by atoms with Gasteiger partial charge < -0.3 is 4.74 Å². The van der Waals surface area contributed by atoms with Gasteiger partial charge in [0.15, 0.2) is 0 Å². The van der Waals surface area contributed by atoms with Gasteiger partial charge in [-0.3, -0.25) is 0 Å². The molecule has 0 aromatic heterocycles. The van der Waals surface area contributed by atoms with Crippen molar-refractivity contribution in [2.45, 2.75) is 90.4 Å². The summed E-state index contributed by atoms with van der Waals surface area (Å²) in [6.45, 7) is 2.38. The predicted octanol–water partition coefficient (Wildman–Crippen LogP) is 6.74. The van der Waals surface area contributed by atoms with Crippen LogP contribution in [-0.4, -0.2) is 13.2 Å². The van der Waals surface area contributed by atoms with Crippen molar-refractivity contribution in [2.24, 2.45) is 0 Å². The van der Waals surface area contributed by atoms with Crippen molar-refractivity contribution < 1.29 is 9.84 Å². The summed E-state index contributed by atoms with van der Waals surface area (Å²) < 4.78 is 5.53. The van der Waals surface area contributed by atoms with E-state index in [2.05, 4.69) is 19.1 Å². The lowest BCUT2D eigenvalue weighted by molar-refractivity contribution is 0.137. The molecule has 0 saturated carbocycles. The quantitative estimate of drug-likeness (QED) is 0.308. The van der Waals surface area contributed by atoms with Crippen LogP contribution in [0.4, 0.5) is 0 Å². The third-order valence-corrected chi connectivity index (χ3v) is 4.61. The Bertz CT molecular complexity index is 389. The van der Waals surface area contributed by atoms with E-state index in [9.17, 15) is 5.11 Å². The van der Waals surface area contributed by atoms with Crippen LogP contribution < -0.4 is 4.74 Å². The molecule has 2 heteroatoms. The van der Waals surface area contributed by atoms with E-state index in [4.69, 9.17) is 4.74 Å². The van der Waals surface area contributed by atoms with Crippen molar-refractivity contribution in [3.05, 3.63) is 29.8 Å². The van der Waals surface area contributed by atoms with Crippen molar-refractivity contribution in [2.75, 3.05) is 13.2 Å². The zero-order valence-corrected chi connectivity index (χ0v) is 15.7. The Morgan fingerprint density at radius 1 is 0.750 bits per heavy atom. The Morgan fingerprint density at radius 3 is 1.88 bits per heavy atom. The Balaban J connectivity index is 1.97. The summed E-state index contributed by atoms with van der Waals surface area (Å²) in [6.07, 6.45) is 17.6. The number of aryl methyl sites for hydroxylation is 1. The Labute approximate surface area is 149 Å². The number of benzene rings is 1. The van der Waals surface area contributed by atoms with Gasteiger partial charge >= 0.3 is 0 Å². The second-order valence-corrected chi connectivity index (χ2v) is 6.80. The second kappa shape index (κ2) is 15.5. The molecule has 0 amide bonds. The molecular weight excluding hydrogens is 296 g/mol.